The van der Waals surface area contributed by atoms with Gasteiger partial charge in [0.25, 0.3) is 5.91 Å². The quantitative estimate of drug-likeness (QED) is 0.618. The van der Waals surface area contributed by atoms with Crippen molar-refractivity contribution in [3.05, 3.63) is 35.1 Å². The highest BCUT2D eigenvalue weighted by atomic mass is 19.1. The van der Waals surface area contributed by atoms with Gasteiger partial charge in [-0.1, -0.05) is 6.07 Å². The van der Waals surface area contributed by atoms with Crippen molar-refractivity contribution in [1.82, 2.24) is 10.6 Å². The minimum absolute atomic E-state index is 0.0539. The number of amides is 2. The summed E-state index contributed by atoms with van der Waals surface area (Å²) in [5.41, 5.74) is 5.93. The molecule has 0 aliphatic rings. The van der Waals surface area contributed by atoms with E-state index in [9.17, 15) is 14.0 Å². The molecule has 0 bridgehead atoms. The van der Waals surface area contributed by atoms with Crippen LogP contribution in [0.2, 0.25) is 0 Å². The Bertz CT molecular complexity index is 479. The van der Waals surface area contributed by atoms with Crippen molar-refractivity contribution in [2.24, 2.45) is 5.73 Å². The first-order valence-corrected chi connectivity index (χ1v) is 5.68. The fourth-order valence-electron chi connectivity index (χ4n) is 1.66. The van der Waals surface area contributed by atoms with Crippen molar-refractivity contribution < 1.29 is 19.1 Å². The number of hydrogen-bond donors (Lipinski definition) is 4. The Balaban J connectivity index is 2.83. The van der Waals surface area contributed by atoms with E-state index in [-0.39, 0.29) is 18.5 Å². The Morgan fingerprint density at radius 1 is 1.47 bits per heavy atom. The van der Waals surface area contributed by atoms with Gasteiger partial charge in [0, 0.05) is 19.6 Å². The molecule has 5 N–H and O–H groups in total. The number of carbonyl (C=O) groups is 2. The molecule has 0 aliphatic carbocycles. The number of hydrogen-bond acceptors (Lipinski definition) is 3. The van der Waals surface area contributed by atoms with Gasteiger partial charge in [-0.3, -0.25) is 4.79 Å². The van der Waals surface area contributed by atoms with E-state index in [0.29, 0.717) is 5.56 Å². The van der Waals surface area contributed by atoms with E-state index >= 15 is 0 Å². The van der Waals surface area contributed by atoms with E-state index < -0.39 is 23.9 Å². The maximum Gasteiger partial charge on any atom is 0.404 e. The lowest BCUT2D eigenvalue weighted by atomic mass is 10.0. The molecule has 1 aromatic carbocycles. The minimum Gasteiger partial charge on any atom is -0.465 e. The normalized spacial score (nSPS) is 11.7. The van der Waals surface area contributed by atoms with Crippen molar-refractivity contribution in [2.75, 3.05) is 13.6 Å². The molecule has 0 fully saturated rings. The van der Waals surface area contributed by atoms with Crippen LogP contribution in [0.15, 0.2) is 18.2 Å². The summed E-state index contributed by atoms with van der Waals surface area (Å²) in [4.78, 5) is 21.8. The van der Waals surface area contributed by atoms with Crippen LogP contribution in [-0.4, -0.2) is 36.7 Å². The van der Waals surface area contributed by atoms with Crippen LogP contribution in [0, 0.1) is 5.82 Å². The predicted octanol–water partition coefficient (Wildman–Crippen LogP) is 0.323. The average molecular weight is 269 g/mol. The largest absolute Gasteiger partial charge is 0.465 e. The highest BCUT2D eigenvalue weighted by Crippen LogP contribution is 2.12. The molecule has 1 aromatic rings. The second-order valence-corrected chi connectivity index (χ2v) is 3.98. The van der Waals surface area contributed by atoms with E-state index in [4.69, 9.17) is 10.8 Å². The molecule has 2 amide bonds. The van der Waals surface area contributed by atoms with E-state index in [2.05, 4.69) is 10.6 Å². The molecule has 1 rings (SSSR count). The van der Waals surface area contributed by atoms with E-state index in [0.717, 1.165) is 0 Å². The number of nitrogens with one attached hydrogen (secondary N) is 2. The third kappa shape index (κ3) is 4.22. The molecule has 0 heterocycles. The van der Waals surface area contributed by atoms with Crippen LogP contribution >= 0.6 is 0 Å². The Morgan fingerprint density at radius 2 is 2.16 bits per heavy atom. The lowest BCUT2D eigenvalue weighted by Crippen LogP contribution is -2.40. The Kier molecular flexibility index (Phi) is 5.25. The number of halogens is 1. The van der Waals surface area contributed by atoms with Crippen LogP contribution in [0.4, 0.5) is 9.18 Å². The van der Waals surface area contributed by atoms with Crippen molar-refractivity contribution in [2.45, 2.75) is 12.5 Å². The van der Waals surface area contributed by atoms with Crippen LogP contribution in [0.3, 0.4) is 0 Å². The zero-order valence-corrected chi connectivity index (χ0v) is 10.4. The van der Waals surface area contributed by atoms with Crippen LogP contribution in [0.1, 0.15) is 15.9 Å². The third-order valence-electron chi connectivity index (χ3n) is 2.60. The summed E-state index contributed by atoms with van der Waals surface area (Å²) in [6.45, 7) is 0.102. The van der Waals surface area contributed by atoms with Gasteiger partial charge in [-0.25, -0.2) is 9.18 Å². The maximum atomic E-state index is 13.7. The Labute approximate surface area is 109 Å². The van der Waals surface area contributed by atoms with Gasteiger partial charge in [0.15, 0.2) is 0 Å². The summed E-state index contributed by atoms with van der Waals surface area (Å²) in [7, 11) is 1.41. The van der Waals surface area contributed by atoms with Gasteiger partial charge < -0.3 is 21.5 Å². The lowest BCUT2D eigenvalue weighted by molar-refractivity contribution is 0.0959. The molecule has 19 heavy (non-hydrogen) atoms. The Morgan fingerprint density at radius 3 is 2.63 bits per heavy atom. The first-order valence-electron chi connectivity index (χ1n) is 5.68. The number of carbonyl (C=O) groups excluding carboxylic acids is 1. The zero-order valence-electron chi connectivity index (χ0n) is 10.4. The molecule has 1 atom stereocenters. The fourth-order valence-corrected chi connectivity index (χ4v) is 1.66. The summed E-state index contributed by atoms with van der Waals surface area (Å²) < 4.78 is 13.7. The van der Waals surface area contributed by atoms with Gasteiger partial charge in [0.05, 0.1) is 5.56 Å². The second kappa shape index (κ2) is 6.69. The molecule has 104 valence electrons. The topological polar surface area (TPSA) is 104 Å². The number of rotatable bonds is 5. The number of benzene rings is 1. The van der Waals surface area contributed by atoms with Crippen molar-refractivity contribution in [3.8, 4) is 0 Å². The second-order valence-electron chi connectivity index (χ2n) is 3.98. The van der Waals surface area contributed by atoms with E-state index in [1.807, 2.05) is 0 Å². The summed E-state index contributed by atoms with van der Waals surface area (Å²) in [5, 5.41) is 13.2. The van der Waals surface area contributed by atoms with Crippen LogP contribution in [-0.2, 0) is 6.42 Å². The smallest absolute Gasteiger partial charge is 0.404 e. The van der Waals surface area contributed by atoms with E-state index in [1.54, 1.807) is 6.07 Å². The molecule has 0 saturated carbocycles. The van der Waals surface area contributed by atoms with Crippen LogP contribution in [0.5, 0.6) is 0 Å². The Hall–Kier alpha value is -2.15. The zero-order chi connectivity index (χ0) is 14.4. The summed E-state index contributed by atoms with van der Waals surface area (Å²) in [6, 6.07) is 3.64. The first kappa shape index (κ1) is 14.9. The molecule has 0 aromatic heterocycles. The third-order valence-corrected chi connectivity index (χ3v) is 2.60. The van der Waals surface area contributed by atoms with Crippen LogP contribution in [0.25, 0.3) is 0 Å². The molecule has 0 spiro atoms. The van der Waals surface area contributed by atoms with Gasteiger partial charge in [0.1, 0.15) is 5.82 Å². The highest BCUT2D eigenvalue weighted by Gasteiger charge is 2.14. The van der Waals surface area contributed by atoms with Crippen LogP contribution < -0.4 is 16.4 Å². The molecule has 0 saturated heterocycles. The fraction of sp³-hybridized carbons (Fsp3) is 0.333. The van der Waals surface area contributed by atoms with Gasteiger partial charge >= 0.3 is 6.09 Å². The summed E-state index contributed by atoms with van der Waals surface area (Å²) in [6.07, 6.45) is -0.925. The van der Waals surface area contributed by atoms with E-state index in [1.165, 1.54) is 19.2 Å². The lowest BCUT2D eigenvalue weighted by Gasteiger charge is -2.15. The van der Waals surface area contributed by atoms with Gasteiger partial charge in [-0.05, 0) is 24.1 Å². The predicted molar refractivity (Wildman–Crippen MR) is 67.5 cm³/mol. The molecular formula is C12H16FN3O3. The number of carboxylic acid groups (broad SMARTS) is 1. The molecule has 0 aliphatic heterocycles. The molecule has 0 unspecified atom stereocenters. The molecule has 7 heteroatoms. The minimum atomic E-state index is -1.18. The van der Waals surface area contributed by atoms with Gasteiger partial charge in [0.2, 0.25) is 0 Å². The van der Waals surface area contributed by atoms with Crippen molar-refractivity contribution in [1.29, 1.82) is 0 Å². The molecular weight excluding hydrogens is 253 g/mol. The molecule has 6 nitrogen and oxygen atoms in total. The average Bonchev–Trinajstić information content (AvgIpc) is 2.36. The first-order chi connectivity index (χ1) is 8.97. The summed E-state index contributed by atoms with van der Waals surface area (Å²) in [5.74, 6) is -1.16. The number of nitrogens with two attached hydrogens (primary N) is 1. The molecule has 0 radical (unpaired) electrons. The maximum absolute atomic E-state index is 13.7. The SMILES string of the molecule is CNC(=O)c1ccc(C[C@@H](CN)NC(=O)O)cc1F. The van der Waals surface area contributed by atoms with Gasteiger partial charge in [-0.15, -0.1) is 0 Å². The highest BCUT2D eigenvalue weighted by molar-refractivity contribution is 5.94. The van der Waals surface area contributed by atoms with Crippen molar-refractivity contribution in [3.63, 3.8) is 0 Å². The standard InChI is InChI=1S/C12H16FN3O3/c1-15-11(17)9-3-2-7(5-10(9)13)4-8(6-14)16-12(18)19/h2-3,5,8,16H,4,6,14H2,1H3,(H,15,17)(H,18,19)/t8-/m0/s1. The summed E-state index contributed by atoms with van der Waals surface area (Å²) >= 11 is 0. The van der Waals surface area contributed by atoms with Crippen molar-refractivity contribution >= 4 is 12.0 Å². The monoisotopic (exact) mass is 269 g/mol. The van der Waals surface area contributed by atoms with Gasteiger partial charge in [-0.2, -0.15) is 0 Å².